The number of benzene rings is 2. The number of nitrogens with zero attached hydrogens (tertiary/aromatic N) is 2. The van der Waals surface area contributed by atoms with Gasteiger partial charge in [-0.3, -0.25) is 0 Å². The van der Waals surface area contributed by atoms with E-state index in [2.05, 4.69) is 11.5 Å². The number of rotatable bonds is 2. The summed E-state index contributed by atoms with van der Waals surface area (Å²) in [5.41, 5.74) is 1.97. The van der Waals surface area contributed by atoms with E-state index in [4.69, 9.17) is 0 Å². The lowest BCUT2D eigenvalue weighted by Gasteiger charge is -2.27. The predicted molar refractivity (Wildman–Crippen MR) is 90.3 cm³/mol. The minimum Gasteiger partial charge on any atom is -1.00 e. The van der Waals surface area contributed by atoms with Gasteiger partial charge in [0.1, 0.15) is 5.69 Å². The first-order valence-electron chi connectivity index (χ1n) is 7.82. The Balaban J connectivity index is 0.00000169. The first kappa shape index (κ1) is 16.7. The van der Waals surface area contributed by atoms with Gasteiger partial charge in [-0.25, -0.2) is 4.57 Å². The van der Waals surface area contributed by atoms with Crippen LogP contribution in [0, 0.1) is 6.92 Å². The number of hydrogen-bond acceptors (Lipinski definition) is 2. The molecule has 1 N–H and O–H groups in total. The molecule has 1 atom stereocenters. The molecule has 0 fully saturated rings. The maximum absolute atomic E-state index is 11.6. The van der Waals surface area contributed by atoms with Crippen LogP contribution in [-0.2, 0) is 12.3 Å². The van der Waals surface area contributed by atoms with Crippen LogP contribution < -0.4 is 26.4 Å². The molecule has 0 saturated carbocycles. The zero-order valence-electron chi connectivity index (χ0n) is 13.4. The Morgan fingerprint density at radius 2 is 1.58 bits per heavy atom. The summed E-state index contributed by atoms with van der Waals surface area (Å²) in [4.78, 5) is 2.01. The molecule has 3 nitrogen and oxygen atoms in total. The monoisotopic (exact) mass is 382 g/mol. The van der Waals surface area contributed by atoms with Crippen molar-refractivity contribution in [2.45, 2.75) is 19.2 Å². The van der Waals surface area contributed by atoms with Crippen molar-refractivity contribution in [1.29, 1.82) is 0 Å². The minimum absolute atomic E-state index is 0. The van der Waals surface area contributed by atoms with Crippen molar-refractivity contribution in [1.82, 2.24) is 0 Å². The van der Waals surface area contributed by atoms with Gasteiger partial charge in [0, 0.05) is 11.6 Å². The molecule has 0 saturated heterocycles. The molecule has 3 aromatic rings. The molecule has 0 aliphatic carbocycles. The number of halogens is 1. The summed E-state index contributed by atoms with van der Waals surface area (Å²) in [6.45, 7) is 2.56. The van der Waals surface area contributed by atoms with Crippen molar-refractivity contribution in [3.05, 3.63) is 90.1 Å². The van der Waals surface area contributed by atoms with Crippen LogP contribution in [0.4, 0.5) is 11.5 Å². The van der Waals surface area contributed by atoms with Crippen molar-refractivity contribution in [3.63, 3.8) is 0 Å². The Bertz CT molecular complexity index is 836. The van der Waals surface area contributed by atoms with Crippen LogP contribution in [0.2, 0.25) is 0 Å². The topological polar surface area (TPSA) is 27.4 Å². The lowest BCUT2D eigenvalue weighted by Crippen LogP contribution is -3.00. The van der Waals surface area contributed by atoms with Gasteiger partial charge >= 0.3 is 0 Å². The van der Waals surface area contributed by atoms with Gasteiger partial charge in [0.25, 0.3) is 11.5 Å². The summed E-state index contributed by atoms with van der Waals surface area (Å²) in [5, 5.41) is 11.6. The van der Waals surface area contributed by atoms with Gasteiger partial charge in [-0.1, -0.05) is 54.1 Å². The molecule has 2 heterocycles. The second kappa shape index (κ2) is 6.38. The van der Waals surface area contributed by atoms with Gasteiger partial charge in [0.05, 0.1) is 6.20 Å². The van der Waals surface area contributed by atoms with E-state index in [9.17, 15) is 5.11 Å². The third-order valence-electron chi connectivity index (χ3n) is 4.43. The van der Waals surface area contributed by atoms with Crippen molar-refractivity contribution in [2.24, 2.45) is 0 Å². The van der Waals surface area contributed by atoms with Crippen molar-refractivity contribution in [3.8, 4) is 0 Å². The highest BCUT2D eigenvalue weighted by atomic mass is 79.9. The van der Waals surface area contributed by atoms with Gasteiger partial charge in [-0.15, -0.1) is 0 Å². The first-order valence-corrected chi connectivity index (χ1v) is 7.82. The molecular formula is C20H19BrN2O. The molecule has 0 spiro atoms. The largest absolute Gasteiger partial charge is 1.00 e. The number of pyridine rings is 1. The molecule has 24 heavy (non-hydrogen) atoms. The third kappa shape index (κ3) is 2.62. The summed E-state index contributed by atoms with van der Waals surface area (Å²) in [5.74, 6) is 0.988. The highest BCUT2D eigenvalue weighted by Crippen LogP contribution is 2.40. The van der Waals surface area contributed by atoms with E-state index in [-0.39, 0.29) is 17.0 Å². The summed E-state index contributed by atoms with van der Waals surface area (Å²) < 4.78 is 2.09. The Kier molecular flexibility index (Phi) is 4.43. The van der Waals surface area contributed by atoms with Crippen LogP contribution in [0.3, 0.4) is 0 Å². The van der Waals surface area contributed by atoms with Crippen LogP contribution >= 0.6 is 0 Å². The molecule has 122 valence electrons. The fourth-order valence-corrected chi connectivity index (χ4v) is 3.27. The quantitative estimate of drug-likeness (QED) is 0.644. The molecule has 0 amide bonds. The van der Waals surface area contributed by atoms with Gasteiger partial charge in [-0.2, -0.15) is 4.90 Å². The first-order chi connectivity index (χ1) is 11.2. The van der Waals surface area contributed by atoms with Crippen LogP contribution in [0.15, 0.2) is 79.0 Å². The summed E-state index contributed by atoms with van der Waals surface area (Å²) in [7, 11) is 0. The zero-order chi connectivity index (χ0) is 15.9. The van der Waals surface area contributed by atoms with Crippen LogP contribution in [-0.4, -0.2) is 5.11 Å². The number of para-hydroxylation sites is 1. The Morgan fingerprint density at radius 3 is 2.29 bits per heavy atom. The van der Waals surface area contributed by atoms with Crippen LogP contribution in [0.1, 0.15) is 11.1 Å². The normalized spacial score (nSPS) is 18.8. The average Bonchev–Trinajstić information content (AvgIpc) is 2.89. The Hall–Kier alpha value is -2.17. The maximum Gasteiger partial charge on any atom is 0.284 e. The van der Waals surface area contributed by atoms with Gasteiger partial charge in [0.2, 0.25) is 0 Å². The van der Waals surface area contributed by atoms with E-state index >= 15 is 0 Å². The highest BCUT2D eigenvalue weighted by Gasteiger charge is 2.52. The van der Waals surface area contributed by atoms with Gasteiger partial charge in [-0.05, 0) is 25.1 Å². The molecular weight excluding hydrogens is 364 g/mol. The number of aromatic nitrogens is 1. The summed E-state index contributed by atoms with van der Waals surface area (Å²) >= 11 is 0. The van der Waals surface area contributed by atoms with Gasteiger partial charge in [0.15, 0.2) is 6.54 Å². The molecule has 2 aromatic carbocycles. The molecule has 4 heteroatoms. The van der Waals surface area contributed by atoms with Crippen molar-refractivity contribution < 1.29 is 26.7 Å². The zero-order valence-corrected chi connectivity index (χ0v) is 15.0. The molecule has 1 aliphatic rings. The second-order valence-corrected chi connectivity index (χ2v) is 6.04. The number of hydrogen-bond donors (Lipinski definition) is 1. The predicted octanol–water partition coefficient (Wildman–Crippen LogP) is 0.284. The SMILES string of the molecule is Cc1ccc(C2(O)C[n+]3ccccc3N2c2ccccc2)cc1.[Br-]. The summed E-state index contributed by atoms with van der Waals surface area (Å²) in [6, 6.07) is 24.2. The number of anilines is 2. The Labute approximate surface area is 152 Å². The standard InChI is InChI=1S/C20H19N2O.BrH/c1-16-10-12-17(13-11-16)20(23)15-21-14-6-5-9-19(21)22(20)18-7-3-2-4-8-18;/h2-14,23H,15H2,1H3;1H/q+1;/p-1. The number of fused-ring (bicyclic) bond motifs is 1. The van der Waals surface area contributed by atoms with E-state index in [1.807, 2.05) is 83.9 Å². The van der Waals surface area contributed by atoms with E-state index in [0.717, 1.165) is 17.1 Å². The molecule has 1 unspecified atom stereocenters. The third-order valence-corrected chi connectivity index (χ3v) is 4.43. The second-order valence-electron chi connectivity index (χ2n) is 6.04. The van der Waals surface area contributed by atoms with Gasteiger partial charge < -0.3 is 22.1 Å². The molecule has 0 radical (unpaired) electrons. The number of aryl methyl sites for hydroxylation is 1. The Morgan fingerprint density at radius 1 is 0.917 bits per heavy atom. The van der Waals surface area contributed by atoms with Crippen molar-refractivity contribution in [2.75, 3.05) is 4.90 Å². The fourth-order valence-electron chi connectivity index (χ4n) is 3.27. The maximum atomic E-state index is 11.6. The summed E-state index contributed by atoms with van der Waals surface area (Å²) in [6.07, 6.45) is 2.01. The molecule has 1 aliphatic heterocycles. The fraction of sp³-hybridized carbons (Fsp3) is 0.150. The number of aliphatic hydroxyl groups is 1. The molecule has 0 bridgehead atoms. The molecule has 1 aromatic heterocycles. The van der Waals surface area contributed by atoms with Crippen molar-refractivity contribution >= 4 is 11.5 Å². The lowest BCUT2D eigenvalue weighted by molar-refractivity contribution is -0.683. The molecule has 4 rings (SSSR count). The lowest BCUT2D eigenvalue weighted by atomic mass is 10.00. The highest BCUT2D eigenvalue weighted by molar-refractivity contribution is 5.62. The van der Waals surface area contributed by atoms with Crippen LogP contribution in [0.25, 0.3) is 0 Å². The van der Waals surface area contributed by atoms with Crippen LogP contribution in [0.5, 0.6) is 0 Å². The smallest absolute Gasteiger partial charge is 0.284 e. The van der Waals surface area contributed by atoms with E-state index < -0.39 is 5.72 Å². The van der Waals surface area contributed by atoms with E-state index in [1.54, 1.807) is 0 Å². The van der Waals surface area contributed by atoms with E-state index in [1.165, 1.54) is 5.56 Å². The average molecular weight is 383 g/mol. The van der Waals surface area contributed by atoms with E-state index in [0.29, 0.717) is 6.54 Å². The minimum atomic E-state index is -1.09.